The van der Waals surface area contributed by atoms with Crippen molar-refractivity contribution in [1.29, 1.82) is 0 Å². The van der Waals surface area contributed by atoms with Gasteiger partial charge in [-0.2, -0.15) is 0 Å². The van der Waals surface area contributed by atoms with Gasteiger partial charge >= 0.3 is 0 Å². The zero-order valence-electron chi connectivity index (χ0n) is 20.5. The van der Waals surface area contributed by atoms with Crippen molar-refractivity contribution in [3.05, 3.63) is 63.6 Å². The van der Waals surface area contributed by atoms with Gasteiger partial charge in [0.15, 0.2) is 0 Å². The molecule has 2 rings (SSSR count). The zero-order valence-corrected chi connectivity index (χ0v) is 22.9. The predicted molar refractivity (Wildman–Crippen MR) is 140 cm³/mol. The molecule has 186 valence electrons. The van der Waals surface area contributed by atoms with E-state index in [1.165, 1.54) is 10.6 Å². The van der Waals surface area contributed by atoms with Crippen molar-refractivity contribution in [2.45, 2.75) is 53.1 Å². The fraction of sp³-hybridized carbons (Fsp3) is 0.440. The Bertz CT molecular complexity index is 1120. The average molecular weight is 553 g/mol. The normalized spacial score (nSPS) is 12.2. The first kappa shape index (κ1) is 27.9. The molecular weight excluding hydrogens is 518 g/mol. The quantitative estimate of drug-likeness (QED) is 0.454. The number of hydrogen-bond acceptors (Lipinski definition) is 4. The van der Waals surface area contributed by atoms with Gasteiger partial charge in [-0.15, -0.1) is 0 Å². The molecule has 1 N–H and O–H groups in total. The number of nitrogens with zero attached hydrogens (tertiary/aromatic N) is 2. The van der Waals surface area contributed by atoms with Crippen LogP contribution in [0, 0.1) is 13.8 Å². The minimum atomic E-state index is -3.53. The number of aryl methyl sites for hydroxylation is 1. The van der Waals surface area contributed by atoms with E-state index in [-0.39, 0.29) is 31.3 Å². The van der Waals surface area contributed by atoms with Crippen LogP contribution >= 0.6 is 15.9 Å². The number of likely N-dealkylation sites (N-methyl/N-ethyl adjacent to an activating group) is 1. The molecule has 0 radical (unpaired) electrons. The molecule has 1 atom stereocenters. The number of carbonyl (C=O) groups excluding carboxylic acids is 2. The van der Waals surface area contributed by atoms with E-state index in [4.69, 9.17) is 0 Å². The van der Waals surface area contributed by atoms with Gasteiger partial charge in [0, 0.05) is 30.5 Å². The molecule has 0 aliphatic rings. The van der Waals surface area contributed by atoms with Gasteiger partial charge in [-0.3, -0.25) is 13.9 Å². The van der Waals surface area contributed by atoms with E-state index < -0.39 is 16.1 Å². The predicted octanol–water partition coefficient (Wildman–Crippen LogP) is 4.17. The van der Waals surface area contributed by atoms with Gasteiger partial charge < -0.3 is 10.2 Å². The Balaban J connectivity index is 2.19. The number of nitrogens with one attached hydrogen (secondary N) is 1. The number of halogens is 1. The second-order valence-electron chi connectivity index (χ2n) is 8.38. The van der Waals surface area contributed by atoms with Crippen molar-refractivity contribution in [3.63, 3.8) is 0 Å². The van der Waals surface area contributed by atoms with Crippen LogP contribution in [0.4, 0.5) is 5.69 Å². The van der Waals surface area contributed by atoms with E-state index >= 15 is 0 Å². The fourth-order valence-corrected chi connectivity index (χ4v) is 5.19. The number of rotatable bonds is 11. The van der Waals surface area contributed by atoms with E-state index in [0.29, 0.717) is 18.7 Å². The molecule has 7 nitrogen and oxygen atoms in total. The smallest absolute Gasteiger partial charge is 0.242 e. The van der Waals surface area contributed by atoms with Crippen LogP contribution < -0.4 is 9.62 Å². The standard InChI is InChI=1S/C25H34BrN3O4S/c1-6-27-25(31)20(4)28(17-21-11-8-12-22(26)16-21)24(30)14-9-15-29(34(5,32)33)23-13-7-10-18(2)19(23)3/h7-8,10-13,16,20H,6,9,14-15,17H2,1-5H3,(H,27,31). The van der Waals surface area contributed by atoms with Crippen molar-refractivity contribution in [3.8, 4) is 0 Å². The lowest BCUT2D eigenvalue weighted by atomic mass is 10.1. The highest BCUT2D eigenvalue weighted by Gasteiger charge is 2.26. The largest absolute Gasteiger partial charge is 0.355 e. The monoisotopic (exact) mass is 551 g/mol. The summed E-state index contributed by atoms with van der Waals surface area (Å²) in [5, 5.41) is 2.78. The van der Waals surface area contributed by atoms with Gasteiger partial charge in [0.05, 0.1) is 11.9 Å². The van der Waals surface area contributed by atoms with Crippen LogP contribution in [-0.2, 0) is 26.2 Å². The minimum Gasteiger partial charge on any atom is -0.355 e. The molecule has 0 saturated carbocycles. The highest BCUT2D eigenvalue weighted by atomic mass is 79.9. The van der Waals surface area contributed by atoms with Crippen LogP contribution in [-0.4, -0.2) is 50.5 Å². The second-order valence-corrected chi connectivity index (χ2v) is 11.2. The number of hydrogen-bond donors (Lipinski definition) is 1. The van der Waals surface area contributed by atoms with Gasteiger partial charge in [0.1, 0.15) is 6.04 Å². The molecule has 0 heterocycles. The first-order chi connectivity index (χ1) is 16.0. The number of anilines is 1. The van der Waals surface area contributed by atoms with E-state index in [0.717, 1.165) is 21.2 Å². The molecular formula is C25H34BrN3O4S. The summed E-state index contributed by atoms with van der Waals surface area (Å²) in [5.41, 5.74) is 3.40. The summed E-state index contributed by atoms with van der Waals surface area (Å²) in [5.74, 6) is -0.424. The molecule has 0 aliphatic heterocycles. The summed E-state index contributed by atoms with van der Waals surface area (Å²) < 4.78 is 27.3. The molecule has 0 spiro atoms. The molecule has 2 aromatic carbocycles. The lowest BCUT2D eigenvalue weighted by Gasteiger charge is -2.29. The summed E-state index contributed by atoms with van der Waals surface area (Å²) in [6.07, 6.45) is 1.62. The number of amides is 2. The van der Waals surface area contributed by atoms with E-state index in [1.54, 1.807) is 17.9 Å². The fourth-order valence-electron chi connectivity index (χ4n) is 3.72. The zero-order chi connectivity index (χ0) is 25.5. The summed E-state index contributed by atoms with van der Waals surface area (Å²) in [6, 6.07) is 12.5. The molecule has 0 saturated heterocycles. The maximum absolute atomic E-state index is 13.2. The third-order valence-corrected chi connectivity index (χ3v) is 7.43. The van der Waals surface area contributed by atoms with Gasteiger partial charge in [-0.05, 0) is 69.0 Å². The Morgan fingerprint density at radius 2 is 1.79 bits per heavy atom. The minimum absolute atomic E-state index is 0.120. The lowest BCUT2D eigenvalue weighted by molar-refractivity contribution is -0.140. The maximum atomic E-state index is 13.2. The van der Waals surface area contributed by atoms with Crippen LogP contribution in [0.1, 0.15) is 43.4 Å². The Labute approximate surface area is 211 Å². The number of carbonyl (C=O) groups is 2. The third kappa shape index (κ3) is 7.56. The van der Waals surface area contributed by atoms with Crippen LogP contribution in [0.5, 0.6) is 0 Å². The summed E-state index contributed by atoms with van der Waals surface area (Å²) in [4.78, 5) is 27.3. The Morgan fingerprint density at radius 3 is 2.41 bits per heavy atom. The van der Waals surface area contributed by atoms with E-state index in [2.05, 4.69) is 21.2 Å². The lowest BCUT2D eigenvalue weighted by Crippen LogP contribution is -2.47. The summed E-state index contributed by atoms with van der Waals surface area (Å²) in [6.45, 7) is 8.30. The first-order valence-electron chi connectivity index (χ1n) is 11.3. The second kappa shape index (κ2) is 12.4. The molecule has 2 aromatic rings. The van der Waals surface area contributed by atoms with Crippen LogP contribution in [0.15, 0.2) is 46.9 Å². The molecule has 34 heavy (non-hydrogen) atoms. The van der Waals surface area contributed by atoms with Crippen molar-refractivity contribution < 1.29 is 18.0 Å². The SMILES string of the molecule is CCNC(=O)C(C)N(Cc1cccc(Br)c1)C(=O)CCCN(c1cccc(C)c1C)S(C)(=O)=O. The Morgan fingerprint density at radius 1 is 1.12 bits per heavy atom. The van der Waals surface area contributed by atoms with Crippen LogP contribution in [0.2, 0.25) is 0 Å². The summed E-state index contributed by atoms with van der Waals surface area (Å²) in [7, 11) is -3.53. The molecule has 0 aliphatic carbocycles. The third-order valence-electron chi connectivity index (χ3n) is 5.76. The highest BCUT2D eigenvalue weighted by Crippen LogP contribution is 2.25. The van der Waals surface area contributed by atoms with Crippen molar-refractivity contribution in [2.24, 2.45) is 0 Å². The van der Waals surface area contributed by atoms with Crippen molar-refractivity contribution in [1.82, 2.24) is 10.2 Å². The highest BCUT2D eigenvalue weighted by molar-refractivity contribution is 9.10. The molecule has 1 unspecified atom stereocenters. The molecule has 9 heteroatoms. The van der Waals surface area contributed by atoms with Gasteiger partial charge in [-0.25, -0.2) is 8.42 Å². The maximum Gasteiger partial charge on any atom is 0.242 e. The van der Waals surface area contributed by atoms with Crippen LogP contribution in [0.3, 0.4) is 0 Å². The van der Waals surface area contributed by atoms with Gasteiger partial charge in [0.2, 0.25) is 21.8 Å². The molecule has 2 amide bonds. The van der Waals surface area contributed by atoms with Crippen molar-refractivity contribution >= 4 is 43.5 Å². The topological polar surface area (TPSA) is 86.8 Å². The number of benzene rings is 2. The van der Waals surface area contributed by atoms with Gasteiger partial charge in [-0.1, -0.05) is 40.2 Å². The Kier molecular flexibility index (Phi) is 10.1. The van der Waals surface area contributed by atoms with Gasteiger partial charge in [0.25, 0.3) is 0 Å². The number of sulfonamides is 1. The van der Waals surface area contributed by atoms with E-state index in [1.807, 2.05) is 57.2 Å². The first-order valence-corrected chi connectivity index (χ1v) is 13.9. The molecule has 0 bridgehead atoms. The molecule has 0 aromatic heterocycles. The average Bonchev–Trinajstić information content (AvgIpc) is 2.76. The molecule has 0 fully saturated rings. The summed E-state index contributed by atoms with van der Waals surface area (Å²) >= 11 is 3.44. The van der Waals surface area contributed by atoms with Crippen molar-refractivity contribution in [2.75, 3.05) is 23.7 Å². The van der Waals surface area contributed by atoms with Crippen LogP contribution in [0.25, 0.3) is 0 Å². The van der Waals surface area contributed by atoms with E-state index in [9.17, 15) is 18.0 Å². The Hall–Kier alpha value is -2.39.